The molecule has 0 bridgehead atoms. The van der Waals surface area contributed by atoms with Crippen LogP contribution in [0.1, 0.15) is 19.9 Å². The summed E-state index contributed by atoms with van der Waals surface area (Å²) in [5.74, 6) is 0.665. The van der Waals surface area contributed by atoms with Crippen LogP contribution in [-0.4, -0.2) is 16.2 Å². The number of ether oxygens (including phenoxy) is 1. The summed E-state index contributed by atoms with van der Waals surface area (Å²) < 4.78 is 30.2. The van der Waals surface area contributed by atoms with Gasteiger partial charge in [0.25, 0.3) is 0 Å². The summed E-state index contributed by atoms with van der Waals surface area (Å²) in [5.41, 5.74) is 7.40. The molecule has 1 aromatic carbocycles. The van der Waals surface area contributed by atoms with Crippen molar-refractivity contribution < 1.29 is 13.5 Å². The standard InChI is InChI=1S/C13H15F2N3O/c1-8(2)18-7-17-11(12(18)16)9-3-5-10(6-4-9)19-13(14)15/h3-8,13H,16H2,1-2H3. The zero-order chi connectivity index (χ0) is 14.0. The molecule has 0 amide bonds. The lowest BCUT2D eigenvalue weighted by Crippen LogP contribution is -2.04. The monoisotopic (exact) mass is 267 g/mol. The largest absolute Gasteiger partial charge is 0.435 e. The SMILES string of the molecule is CC(C)n1cnc(-c2ccc(OC(F)F)cc2)c1N. The van der Waals surface area contributed by atoms with Gasteiger partial charge in [0.15, 0.2) is 0 Å². The van der Waals surface area contributed by atoms with Gasteiger partial charge in [0.05, 0.1) is 6.33 Å². The summed E-state index contributed by atoms with van der Waals surface area (Å²) in [6.45, 7) is 1.18. The summed E-state index contributed by atoms with van der Waals surface area (Å²) >= 11 is 0. The van der Waals surface area contributed by atoms with Crippen molar-refractivity contribution in [2.24, 2.45) is 0 Å². The van der Waals surface area contributed by atoms with Crippen LogP contribution in [0.25, 0.3) is 11.3 Å². The van der Waals surface area contributed by atoms with Crippen LogP contribution >= 0.6 is 0 Å². The Labute approximate surface area is 109 Å². The van der Waals surface area contributed by atoms with Crippen molar-refractivity contribution in [3.8, 4) is 17.0 Å². The Hall–Kier alpha value is -2.11. The molecule has 0 fully saturated rings. The van der Waals surface area contributed by atoms with E-state index >= 15 is 0 Å². The molecule has 0 saturated carbocycles. The average Bonchev–Trinajstić information content (AvgIpc) is 2.71. The number of hydrogen-bond acceptors (Lipinski definition) is 3. The van der Waals surface area contributed by atoms with E-state index in [4.69, 9.17) is 5.73 Å². The minimum atomic E-state index is -2.82. The third-order valence-electron chi connectivity index (χ3n) is 2.74. The Morgan fingerprint density at radius 2 is 1.84 bits per heavy atom. The van der Waals surface area contributed by atoms with Gasteiger partial charge in [-0.2, -0.15) is 8.78 Å². The zero-order valence-electron chi connectivity index (χ0n) is 10.7. The number of aromatic nitrogens is 2. The van der Waals surface area contributed by atoms with Gasteiger partial charge < -0.3 is 15.0 Å². The van der Waals surface area contributed by atoms with Crippen LogP contribution in [0, 0.1) is 0 Å². The second-order valence-electron chi connectivity index (χ2n) is 4.38. The van der Waals surface area contributed by atoms with Gasteiger partial charge in [-0.1, -0.05) is 0 Å². The molecule has 1 aromatic heterocycles. The molecular formula is C13H15F2N3O. The smallest absolute Gasteiger partial charge is 0.387 e. The summed E-state index contributed by atoms with van der Waals surface area (Å²) in [6, 6.07) is 6.45. The summed E-state index contributed by atoms with van der Waals surface area (Å²) in [5, 5.41) is 0. The molecular weight excluding hydrogens is 252 g/mol. The van der Waals surface area contributed by atoms with E-state index in [9.17, 15) is 8.78 Å². The number of nitrogens with two attached hydrogens (primary N) is 1. The molecule has 0 saturated heterocycles. The van der Waals surface area contributed by atoms with Gasteiger partial charge in [-0.25, -0.2) is 4.98 Å². The Kier molecular flexibility index (Phi) is 3.69. The van der Waals surface area contributed by atoms with E-state index in [1.165, 1.54) is 12.1 Å². The molecule has 2 aromatic rings. The molecule has 102 valence electrons. The molecule has 0 radical (unpaired) electrons. The summed E-state index contributed by atoms with van der Waals surface area (Å²) in [6.07, 6.45) is 1.67. The van der Waals surface area contributed by atoms with Gasteiger partial charge in [-0.3, -0.25) is 0 Å². The number of anilines is 1. The Bertz CT molecular complexity index is 550. The summed E-state index contributed by atoms with van der Waals surface area (Å²) in [4.78, 5) is 4.25. The maximum atomic E-state index is 12.0. The fourth-order valence-corrected chi connectivity index (χ4v) is 1.80. The van der Waals surface area contributed by atoms with E-state index in [0.717, 1.165) is 5.56 Å². The molecule has 1 heterocycles. The lowest BCUT2D eigenvalue weighted by atomic mass is 10.1. The van der Waals surface area contributed by atoms with Crippen molar-refractivity contribution in [1.29, 1.82) is 0 Å². The highest BCUT2D eigenvalue weighted by atomic mass is 19.3. The number of benzene rings is 1. The Morgan fingerprint density at radius 1 is 1.21 bits per heavy atom. The van der Waals surface area contributed by atoms with Gasteiger partial charge in [0.1, 0.15) is 17.3 Å². The van der Waals surface area contributed by atoms with Crippen molar-refractivity contribution in [2.75, 3.05) is 5.73 Å². The van der Waals surface area contributed by atoms with E-state index < -0.39 is 6.61 Å². The first kappa shape index (κ1) is 13.3. The molecule has 0 unspecified atom stereocenters. The van der Waals surface area contributed by atoms with Crippen LogP contribution in [-0.2, 0) is 0 Å². The second kappa shape index (κ2) is 5.26. The molecule has 2 rings (SSSR count). The highest BCUT2D eigenvalue weighted by Gasteiger charge is 2.12. The molecule has 0 spiro atoms. The Morgan fingerprint density at radius 3 is 2.32 bits per heavy atom. The fourth-order valence-electron chi connectivity index (χ4n) is 1.80. The van der Waals surface area contributed by atoms with E-state index in [2.05, 4.69) is 9.72 Å². The predicted molar refractivity (Wildman–Crippen MR) is 69.1 cm³/mol. The molecule has 0 aliphatic carbocycles. The maximum Gasteiger partial charge on any atom is 0.387 e. The molecule has 0 atom stereocenters. The van der Waals surface area contributed by atoms with Crippen molar-refractivity contribution >= 4 is 5.82 Å². The van der Waals surface area contributed by atoms with E-state index in [-0.39, 0.29) is 11.8 Å². The maximum absolute atomic E-state index is 12.0. The van der Waals surface area contributed by atoms with E-state index in [1.807, 2.05) is 18.4 Å². The van der Waals surface area contributed by atoms with Crippen molar-refractivity contribution in [3.05, 3.63) is 30.6 Å². The molecule has 4 nitrogen and oxygen atoms in total. The molecule has 0 aliphatic rings. The first-order valence-electron chi connectivity index (χ1n) is 5.86. The summed E-state index contributed by atoms with van der Waals surface area (Å²) in [7, 11) is 0. The van der Waals surface area contributed by atoms with E-state index in [1.54, 1.807) is 18.5 Å². The fraction of sp³-hybridized carbons (Fsp3) is 0.308. The lowest BCUT2D eigenvalue weighted by Gasteiger charge is -2.09. The first-order chi connectivity index (χ1) is 8.99. The number of imidazole rings is 1. The van der Waals surface area contributed by atoms with Gasteiger partial charge in [0.2, 0.25) is 0 Å². The minimum absolute atomic E-state index is 0.112. The lowest BCUT2D eigenvalue weighted by molar-refractivity contribution is -0.0498. The number of rotatable bonds is 4. The number of alkyl halides is 2. The van der Waals surface area contributed by atoms with Gasteiger partial charge in [-0.05, 0) is 38.1 Å². The average molecular weight is 267 g/mol. The van der Waals surface area contributed by atoms with Gasteiger partial charge in [-0.15, -0.1) is 0 Å². The van der Waals surface area contributed by atoms with Gasteiger partial charge >= 0.3 is 6.61 Å². The van der Waals surface area contributed by atoms with Crippen LogP contribution in [0.4, 0.5) is 14.6 Å². The topological polar surface area (TPSA) is 53.1 Å². The number of hydrogen-bond donors (Lipinski definition) is 1. The minimum Gasteiger partial charge on any atom is -0.435 e. The van der Waals surface area contributed by atoms with Crippen LogP contribution in [0.2, 0.25) is 0 Å². The second-order valence-corrected chi connectivity index (χ2v) is 4.38. The Balaban J connectivity index is 2.27. The van der Waals surface area contributed by atoms with Crippen molar-refractivity contribution in [2.45, 2.75) is 26.5 Å². The van der Waals surface area contributed by atoms with Crippen LogP contribution < -0.4 is 10.5 Å². The quantitative estimate of drug-likeness (QED) is 0.924. The number of halogens is 2. The van der Waals surface area contributed by atoms with Crippen molar-refractivity contribution in [1.82, 2.24) is 9.55 Å². The molecule has 2 N–H and O–H groups in total. The molecule has 0 aliphatic heterocycles. The molecule has 6 heteroatoms. The highest BCUT2D eigenvalue weighted by Crippen LogP contribution is 2.28. The first-order valence-corrected chi connectivity index (χ1v) is 5.86. The van der Waals surface area contributed by atoms with E-state index in [0.29, 0.717) is 11.5 Å². The van der Waals surface area contributed by atoms with Crippen molar-refractivity contribution in [3.63, 3.8) is 0 Å². The number of nitrogen functional groups attached to an aromatic ring is 1. The van der Waals surface area contributed by atoms with Crippen LogP contribution in [0.3, 0.4) is 0 Å². The predicted octanol–water partition coefficient (Wildman–Crippen LogP) is 3.31. The van der Waals surface area contributed by atoms with Crippen LogP contribution in [0.5, 0.6) is 5.75 Å². The molecule has 19 heavy (non-hydrogen) atoms. The highest BCUT2D eigenvalue weighted by molar-refractivity contribution is 5.70. The third-order valence-corrected chi connectivity index (χ3v) is 2.74. The zero-order valence-corrected chi connectivity index (χ0v) is 10.7. The third kappa shape index (κ3) is 2.83. The normalized spacial score (nSPS) is 11.3. The number of nitrogens with zero attached hydrogens (tertiary/aromatic N) is 2. The van der Waals surface area contributed by atoms with Gasteiger partial charge in [0, 0.05) is 11.6 Å². The van der Waals surface area contributed by atoms with Crippen LogP contribution in [0.15, 0.2) is 30.6 Å².